The van der Waals surface area contributed by atoms with Crippen LogP contribution >= 0.6 is 0 Å². The van der Waals surface area contributed by atoms with Gasteiger partial charge in [0, 0.05) is 5.69 Å². The van der Waals surface area contributed by atoms with E-state index in [4.69, 9.17) is 0 Å². The summed E-state index contributed by atoms with van der Waals surface area (Å²) in [5.74, 6) is 1.64. The Balaban J connectivity index is 1.78. The summed E-state index contributed by atoms with van der Waals surface area (Å²) in [6.45, 7) is 8.68. The van der Waals surface area contributed by atoms with E-state index in [1.807, 2.05) is 4.68 Å². The van der Waals surface area contributed by atoms with Crippen LogP contribution in [0.2, 0.25) is 0 Å². The molecule has 3 aromatic rings. The highest BCUT2D eigenvalue weighted by atomic mass is 15.6. The molecule has 0 spiro atoms. The summed E-state index contributed by atoms with van der Waals surface area (Å²) in [6, 6.07) is 15.1. The first-order valence-electron chi connectivity index (χ1n) is 10.2. The third kappa shape index (κ3) is 3.66. The van der Waals surface area contributed by atoms with Crippen molar-refractivity contribution in [2.75, 3.05) is 5.32 Å². The van der Waals surface area contributed by atoms with Crippen molar-refractivity contribution in [2.45, 2.75) is 58.9 Å². The zero-order valence-corrected chi connectivity index (χ0v) is 17.2. The summed E-state index contributed by atoms with van der Waals surface area (Å²) < 4.78 is 1.93. The van der Waals surface area contributed by atoms with Crippen molar-refractivity contribution in [1.29, 1.82) is 0 Å². The van der Waals surface area contributed by atoms with Gasteiger partial charge in [-0.05, 0) is 98.2 Å². The summed E-state index contributed by atoms with van der Waals surface area (Å²) in [6.07, 6.45) is 4.37. The fourth-order valence-electron chi connectivity index (χ4n) is 4.30. The molecule has 0 aliphatic heterocycles. The number of aryl methyl sites for hydroxylation is 3. The molecule has 0 atom stereocenters. The van der Waals surface area contributed by atoms with Crippen molar-refractivity contribution < 1.29 is 0 Å². The van der Waals surface area contributed by atoms with Crippen molar-refractivity contribution in [3.8, 4) is 5.69 Å². The van der Waals surface area contributed by atoms with E-state index in [9.17, 15) is 0 Å². The summed E-state index contributed by atoms with van der Waals surface area (Å²) in [5, 5.41) is 16.8. The van der Waals surface area contributed by atoms with Gasteiger partial charge in [-0.25, -0.2) is 0 Å². The predicted octanol–water partition coefficient (Wildman–Crippen LogP) is 5.11. The number of hydrogen-bond acceptors (Lipinski definition) is 4. The molecule has 0 bridgehead atoms. The quantitative estimate of drug-likeness (QED) is 0.689. The fourth-order valence-corrected chi connectivity index (χ4v) is 4.30. The Labute approximate surface area is 167 Å². The summed E-state index contributed by atoms with van der Waals surface area (Å²) in [5.41, 5.74) is 5.58. The standard InChI is InChI=1S/C23H29N5/c1-16-5-7-20(8-6-16)24-23(11-9-17(2)10-12-23)22-25-26-27-28(22)21-14-18(3)13-19(4)15-21/h5-8,13-15,17,24H,9-12H2,1-4H3. The topological polar surface area (TPSA) is 55.6 Å². The second kappa shape index (κ2) is 7.38. The van der Waals surface area contributed by atoms with Gasteiger partial charge >= 0.3 is 0 Å². The zero-order chi connectivity index (χ0) is 19.7. The molecule has 0 unspecified atom stereocenters. The number of rotatable bonds is 4. The van der Waals surface area contributed by atoms with Crippen molar-refractivity contribution in [2.24, 2.45) is 5.92 Å². The van der Waals surface area contributed by atoms with Crippen LogP contribution in [0.1, 0.15) is 55.1 Å². The molecule has 0 radical (unpaired) electrons. The van der Waals surface area contributed by atoms with Crippen LogP contribution in [0, 0.1) is 26.7 Å². The van der Waals surface area contributed by atoms with Gasteiger partial charge < -0.3 is 5.32 Å². The SMILES string of the molecule is Cc1ccc(NC2(c3nnnn3-c3cc(C)cc(C)c3)CCC(C)CC2)cc1. The Kier molecular flexibility index (Phi) is 4.92. The number of aromatic nitrogens is 4. The molecular formula is C23H29N5. The lowest BCUT2D eigenvalue weighted by atomic mass is 9.76. The maximum Gasteiger partial charge on any atom is 0.181 e. The minimum Gasteiger partial charge on any atom is -0.373 e. The molecule has 1 aliphatic carbocycles. The van der Waals surface area contributed by atoms with Crippen LogP contribution in [-0.4, -0.2) is 20.2 Å². The smallest absolute Gasteiger partial charge is 0.181 e. The lowest BCUT2D eigenvalue weighted by Gasteiger charge is -2.39. The second-order valence-corrected chi connectivity index (χ2v) is 8.52. The Morgan fingerprint density at radius 1 is 0.929 bits per heavy atom. The summed E-state index contributed by atoms with van der Waals surface area (Å²) >= 11 is 0. The molecule has 1 aliphatic rings. The monoisotopic (exact) mass is 375 g/mol. The molecule has 0 saturated heterocycles. The van der Waals surface area contributed by atoms with E-state index in [0.717, 1.165) is 36.0 Å². The molecule has 5 heteroatoms. The van der Waals surface area contributed by atoms with Crippen LogP contribution in [0.25, 0.3) is 5.69 Å². The van der Waals surface area contributed by atoms with Crippen LogP contribution in [-0.2, 0) is 5.54 Å². The highest BCUT2D eigenvalue weighted by molar-refractivity contribution is 5.49. The maximum atomic E-state index is 4.53. The highest BCUT2D eigenvalue weighted by Gasteiger charge is 2.40. The number of benzene rings is 2. The second-order valence-electron chi connectivity index (χ2n) is 8.52. The van der Waals surface area contributed by atoms with E-state index in [1.165, 1.54) is 29.5 Å². The Hall–Kier alpha value is -2.69. The average Bonchev–Trinajstić information content (AvgIpc) is 3.16. The van der Waals surface area contributed by atoms with E-state index in [0.29, 0.717) is 0 Å². The zero-order valence-electron chi connectivity index (χ0n) is 17.2. The highest BCUT2D eigenvalue weighted by Crippen LogP contribution is 2.41. The molecule has 1 N–H and O–H groups in total. The molecule has 5 nitrogen and oxygen atoms in total. The van der Waals surface area contributed by atoms with Crippen molar-refractivity contribution in [3.63, 3.8) is 0 Å². The van der Waals surface area contributed by atoms with Gasteiger partial charge in [0.15, 0.2) is 5.82 Å². The van der Waals surface area contributed by atoms with Gasteiger partial charge in [0.05, 0.1) is 11.2 Å². The number of hydrogen-bond donors (Lipinski definition) is 1. The van der Waals surface area contributed by atoms with Crippen LogP contribution in [0.5, 0.6) is 0 Å². The maximum absolute atomic E-state index is 4.53. The first kappa shape index (κ1) is 18.7. The lowest BCUT2D eigenvalue weighted by molar-refractivity contribution is 0.255. The van der Waals surface area contributed by atoms with E-state index >= 15 is 0 Å². The van der Waals surface area contributed by atoms with Gasteiger partial charge in [0.2, 0.25) is 0 Å². The molecule has 0 amide bonds. The van der Waals surface area contributed by atoms with Gasteiger partial charge in [0.1, 0.15) is 0 Å². The number of nitrogens with one attached hydrogen (secondary N) is 1. The van der Waals surface area contributed by atoms with E-state index in [2.05, 4.69) is 91.0 Å². The molecule has 28 heavy (non-hydrogen) atoms. The molecule has 2 aromatic carbocycles. The van der Waals surface area contributed by atoms with Crippen molar-refractivity contribution in [1.82, 2.24) is 20.2 Å². The molecule has 1 saturated carbocycles. The minimum absolute atomic E-state index is 0.261. The molecule has 1 fully saturated rings. The lowest BCUT2D eigenvalue weighted by Crippen LogP contribution is -2.41. The van der Waals surface area contributed by atoms with Crippen LogP contribution in [0.3, 0.4) is 0 Å². The van der Waals surface area contributed by atoms with Gasteiger partial charge in [-0.3, -0.25) is 0 Å². The fraction of sp³-hybridized carbons (Fsp3) is 0.435. The van der Waals surface area contributed by atoms with Gasteiger partial charge in [0.25, 0.3) is 0 Å². The third-order valence-electron chi connectivity index (χ3n) is 5.91. The molecule has 146 valence electrons. The van der Waals surface area contributed by atoms with Crippen molar-refractivity contribution >= 4 is 5.69 Å². The normalized spacial score (nSPS) is 22.2. The average molecular weight is 376 g/mol. The van der Waals surface area contributed by atoms with E-state index in [1.54, 1.807) is 0 Å². The van der Waals surface area contributed by atoms with E-state index < -0.39 is 0 Å². The number of anilines is 1. The largest absolute Gasteiger partial charge is 0.373 e. The number of tetrazole rings is 1. The van der Waals surface area contributed by atoms with Gasteiger partial charge in [-0.15, -0.1) is 5.10 Å². The predicted molar refractivity (Wildman–Crippen MR) is 113 cm³/mol. The van der Waals surface area contributed by atoms with Gasteiger partial charge in [-0.1, -0.05) is 30.7 Å². The first-order valence-corrected chi connectivity index (χ1v) is 10.2. The number of nitrogens with zero attached hydrogens (tertiary/aromatic N) is 4. The van der Waals surface area contributed by atoms with Gasteiger partial charge in [-0.2, -0.15) is 4.68 Å². The molecule has 4 rings (SSSR count). The third-order valence-corrected chi connectivity index (χ3v) is 5.91. The summed E-state index contributed by atoms with van der Waals surface area (Å²) in [4.78, 5) is 0. The molecule has 1 heterocycles. The minimum atomic E-state index is -0.261. The Morgan fingerprint density at radius 2 is 1.57 bits per heavy atom. The van der Waals surface area contributed by atoms with Crippen molar-refractivity contribution in [3.05, 3.63) is 65.0 Å². The Bertz CT molecular complexity index is 929. The van der Waals surface area contributed by atoms with Crippen LogP contribution in [0.15, 0.2) is 42.5 Å². The molecular weight excluding hydrogens is 346 g/mol. The summed E-state index contributed by atoms with van der Waals surface area (Å²) in [7, 11) is 0. The molecule has 1 aromatic heterocycles. The van der Waals surface area contributed by atoms with Crippen LogP contribution < -0.4 is 5.32 Å². The Morgan fingerprint density at radius 3 is 2.21 bits per heavy atom. The van der Waals surface area contributed by atoms with E-state index in [-0.39, 0.29) is 5.54 Å². The van der Waals surface area contributed by atoms with Crippen LogP contribution in [0.4, 0.5) is 5.69 Å². The first-order chi connectivity index (χ1) is 13.4.